The van der Waals surface area contributed by atoms with Crippen molar-refractivity contribution < 1.29 is 9.21 Å². The van der Waals surface area contributed by atoms with Crippen molar-refractivity contribution in [3.63, 3.8) is 0 Å². The highest BCUT2D eigenvalue weighted by Crippen LogP contribution is 2.35. The number of nitrogens with one attached hydrogen (secondary N) is 2. The van der Waals surface area contributed by atoms with Crippen molar-refractivity contribution in [2.75, 3.05) is 25.0 Å². The van der Waals surface area contributed by atoms with Gasteiger partial charge in [0.15, 0.2) is 11.5 Å². The number of amides is 1. The van der Waals surface area contributed by atoms with E-state index in [4.69, 9.17) is 9.40 Å². The SMILES string of the molecule is CC.CNC(=O)c1c(N2CCC(c3nc4cc(C)ccc4o3)CC2)c2ccccc2[nH]c1=O. The lowest BCUT2D eigenvalue weighted by atomic mass is 9.95. The second-order valence-corrected chi connectivity index (χ2v) is 8.09. The van der Waals surface area contributed by atoms with Crippen LogP contribution in [0.1, 0.15) is 54.4 Å². The molecule has 172 valence electrons. The highest BCUT2D eigenvalue weighted by Gasteiger charge is 2.29. The average molecular weight is 447 g/mol. The van der Waals surface area contributed by atoms with Gasteiger partial charge in [-0.1, -0.05) is 38.1 Å². The number of oxazole rings is 1. The Kier molecular flexibility index (Phi) is 6.49. The number of pyridine rings is 1. The van der Waals surface area contributed by atoms with Gasteiger partial charge in [-0.2, -0.15) is 0 Å². The fraction of sp³-hybridized carbons (Fsp3) is 0.346. The van der Waals surface area contributed by atoms with Gasteiger partial charge in [0.2, 0.25) is 0 Å². The minimum absolute atomic E-state index is 0.164. The number of piperidine rings is 1. The van der Waals surface area contributed by atoms with E-state index >= 15 is 0 Å². The smallest absolute Gasteiger partial charge is 0.263 e. The first kappa shape index (κ1) is 22.6. The Hall–Kier alpha value is -3.61. The Morgan fingerprint density at radius 2 is 1.88 bits per heavy atom. The normalized spacial score (nSPS) is 14.2. The first-order valence-corrected chi connectivity index (χ1v) is 11.5. The van der Waals surface area contributed by atoms with Crippen LogP contribution in [0.3, 0.4) is 0 Å². The van der Waals surface area contributed by atoms with Crippen LogP contribution >= 0.6 is 0 Å². The molecule has 0 atom stereocenters. The Morgan fingerprint density at radius 3 is 2.61 bits per heavy atom. The molecular weight excluding hydrogens is 416 g/mol. The van der Waals surface area contributed by atoms with Gasteiger partial charge in [-0.3, -0.25) is 9.59 Å². The van der Waals surface area contributed by atoms with Crippen molar-refractivity contribution in [3.05, 3.63) is 69.8 Å². The Bertz CT molecular complexity index is 1350. The average Bonchev–Trinajstić information content (AvgIpc) is 3.27. The molecule has 0 unspecified atom stereocenters. The molecule has 1 aliphatic heterocycles. The number of para-hydroxylation sites is 1. The Balaban J connectivity index is 0.00000126. The Labute approximate surface area is 192 Å². The van der Waals surface area contributed by atoms with Crippen LogP contribution in [0.5, 0.6) is 0 Å². The topological polar surface area (TPSA) is 91.2 Å². The molecule has 4 aromatic rings. The highest BCUT2D eigenvalue weighted by atomic mass is 16.3. The number of hydrogen-bond donors (Lipinski definition) is 2. The number of aryl methyl sites for hydroxylation is 1. The quantitative estimate of drug-likeness (QED) is 0.474. The van der Waals surface area contributed by atoms with Crippen LogP contribution < -0.4 is 15.8 Å². The molecular formula is C26H30N4O3. The van der Waals surface area contributed by atoms with Crippen LogP contribution in [0.4, 0.5) is 5.69 Å². The van der Waals surface area contributed by atoms with Gasteiger partial charge in [-0.25, -0.2) is 4.98 Å². The molecule has 1 amide bonds. The number of rotatable bonds is 3. The summed E-state index contributed by atoms with van der Waals surface area (Å²) in [6.45, 7) is 7.46. The number of hydrogen-bond acceptors (Lipinski definition) is 5. The first-order valence-electron chi connectivity index (χ1n) is 11.5. The zero-order valence-corrected chi connectivity index (χ0v) is 19.6. The summed E-state index contributed by atoms with van der Waals surface area (Å²) in [5.41, 5.74) is 4.08. The molecule has 0 radical (unpaired) electrons. The van der Waals surface area contributed by atoms with E-state index in [0.29, 0.717) is 18.8 Å². The largest absolute Gasteiger partial charge is 0.440 e. The second kappa shape index (κ2) is 9.48. The molecule has 3 heterocycles. The van der Waals surface area contributed by atoms with E-state index in [1.54, 1.807) is 7.05 Å². The lowest BCUT2D eigenvalue weighted by molar-refractivity contribution is 0.0962. The third kappa shape index (κ3) is 4.23. The number of H-pyrrole nitrogens is 1. The van der Waals surface area contributed by atoms with Gasteiger partial charge in [0.25, 0.3) is 11.5 Å². The number of fused-ring (bicyclic) bond motifs is 2. The summed E-state index contributed by atoms with van der Waals surface area (Å²) in [6.07, 6.45) is 1.67. The van der Waals surface area contributed by atoms with E-state index in [-0.39, 0.29) is 22.9 Å². The second-order valence-electron chi connectivity index (χ2n) is 8.09. The predicted octanol–water partition coefficient (Wildman–Crippen LogP) is 4.75. The number of carbonyl (C=O) groups excluding carboxylic acids is 1. The van der Waals surface area contributed by atoms with E-state index < -0.39 is 0 Å². The molecule has 2 aromatic carbocycles. The summed E-state index contributed by atoms with van der Waals surface area (Å²) in [5, 5.41) is 3.48. The Morgan fingerprint density at radius 1 is 1.15 bits per heavy atom. The lowest BCUT2D eigenvalue weighted by Crippen LogP contribution is -2.37. The molecule has 0 saturated carbocycles. The van der Waals surface area contributed by atoms with Gasteiger partial charge >= 0.3 is 0 Å². The standard InChI is InChI=1S/C24H24N4O3.C2H6/c1-14-7-8-19-18(13-14)27-24(31-19)15-9-11-28(12-10-15)21-16-5-3-4-6-17(16)26-23(30)20(21)22(29)25-2;1-2/h3-8,13,15H,9-12H2,1-2H3,(H,25,29)(H,26,30);1-2H3. The number of anilines is 1. The summed E-state index contributed by atoms with van der Waals surface area (Å²) < 4.78 is 6.02. The van der Waals surface area contributed by atoms with Gasteiger partial charge in [0.1, 0.15) is 11.1 Å². The van der Waals surface area contributed by atoms with Gasteiger partial charge in [0.05, 0.1) is 11.2 Å². The molecule has 7 heteroatoms. The van der Waals surface area contributed by atoms with Crippen molar-refractivity contribution in [3.8, 4) is 0 Å². The molecule has 0 aliphatic carbocycles. The molecule has 2 aromatic heterocycles. The summed E-state index contributed by atoms with van der Waals surface area (Å²) in [5.74, 6) is 0.599. The van der Waals surface area contributed by atoms with Gasteiger partial charge in [-0.15, -0.1) is 0 Å². The van der Waals surface area contributed by atoms with E-state index in [2.05, 4.69) is 15.2 Å². The van der Waals surface area contributed by atoms with Crippen LogP contribution in [0, 0.1) is 6.92 Å². The number of aromatic amines is 1. The van der Waals surface area contributed by atoms with Gasteiger partial charge < -0.3 is 19.6 Å². The van der Waals surface area contributed by atoms with Crippen molar-refractivity contribution >= 4 is 33.6 Å². The van der Waals surface area contributed by atoms with Crippen LogP contribution in [-0.4, -0.2) is 36.0 Å². The fourth-order valence-electron chi connectivity index (χ4n) is 4.47. The maximum atomic E-state index is 12.7. The molecule has 5 rings (SSSR count). The minimum Gasteiger partial charge on any atom is -0.440 e. The van der Waals surface area contributed by atoms with E-state index in [0.717, 1.165) is 46.3 Å². The van der Waals surface area contributed by atoms with Crippen LogP contribution in [0.25, 0.3) is 22.0 Å². The lowest BCUT2D eigenvalue weighted by Gasteiger charge is -2.34. The molecule has 1 aliphatic rings. The van der Waals surface area contributed by atoms with Crippen LogP contribution in [0.15, 0.2) is 51.7 Å². The predicted molar refractivity (Wildman–Crippen MR) is 132 cm³/mol. The van der Waals surface area contributed by atoms with Crippen molar-refractivity contribution in [1.29, 1.82) is 0 Å². The van der Waals surface area contributed by atoms with Gasteiger partial charge in [0, 0.05) is 31.4 Å². The molecule has 2 N–H and O–H groups in total. The zero-order valence-electron chi connectivity index (χ0n) is 19.6. The molecule has 7 nitrogen and oxygen atoms in total. The minimum atomic E-state index is -0.376. The fourth-order valence-corrected chi connectivity index (χ4v) is 4.47. The van der Waals surface area contributed by atoms with Crippen molar-refractivity contribution in [1.82, 2.24) is 15.3 Å². The number of aromatic nitrogens is 2. The summed E-state index contributed by atoms with van der Waals surface area (Å²) >= 11 is 0. The molecule has 1 saturated heterocycles. The number of benzene rings is 2. The highest BCUT2D eigenvalue weighted by molar-refractivity contribution is 6.07. The summed E-state index contributed by atoms with van der Waals surface area (Å²) in [7, 11) is 1.54. The maximum Gasteiger partial charge on any atom is 0.263 e. The number of nitrogens with zero attached hydrogens (tertiary/aromatic N) is 2. The molecule has 33 heavy (non-hydrogen) atoms. The van der Waals surface area contributed by atoms with Crippen LogP contribution in [0.2, 0.25) is 0 Å². The third-order valence-corrected chi connectivity index (χ3v) is 6.07. The molecule has 1 fully saturated rings. The zero-order chi connectivity index (χ0) is 23.5. The third-order valence-electron chi connectivity index (χ3n) is 6.07. The van der Waals surface area contributed by atoms with E-state index in [1.807, 2.05) is 63.2 Å². The summed E-state index contributed by atoms with van der Waals surface area (Å²) in [6, 6.07) is 13.6. The number of carbonyl (C=O) groups is 1. The first-order chi connectivity index (χ1) is 16.0. The maximum absolute atomic E-state index is 12.7. The van der Waals surface area contributed by atoms with E-state index in [1.165, 1.54) is 0 Å². The van der Waals surface area contributed by atoms with Crippen LogP contribution in [-0.2, 0) is 0 Å². The van der Waals surface area contributed by atoms with E-state index in [9.17, 15) is 9.59 Å². The van der Waals surface area contributed by atoms with Crippen molar-refractivity contribution in [2.45, 2.75) is 39.5 Å². The van der Waals surface area contributed by atoms with Gasteiger partial charge in [-0.05, 0) is 43.5 Å². The summed E-state index contributed by atoms with van der Waals surface area (Å²) in [4.78, 5) is 35.0. The monoisotopic (exact) mass is 446 g/mol. The molecule has 0 bridgehead atoms. The molecule has 0 spiro atoms. The van der Waals surface area contributed by atoms with Crippen molar-refractivity contribution in [2.24, 2.45) is 0 Å².